The molecule has 0 aromatic heterocycles. The highest BCUT2D eigenvalue weighted by atomic mass is 16.5. The SMILES string of the molecule is CCCC(OCC)C(O)c1ccc(OC)cc1. The van der Waals surface area contributed by atoms with Crippen LogP contribution in [0.25, 0.3) is 0 Å². The number of hydrogen-bond acceptors (Lipinski definition) is 3. The smallest absolute Gasteiger partial charge is 0.118 e. The first-order chi connectivity index (χ1) is 8.22. The van der Waals surface area contributed by atoms with Gasteiger partial charge in [0, 0.05) is 6.61 Å². The van der Waals surface area contributed by atoms with E-state index in [1.807, 2.05) is 31.2 Å². The number of rotatable bonds is 7. The van der Waals surface area contributed by atoms with E-state index in [9.17, 15) is 5.11 Å². The molecule has 3 nitrogen and oxygen atoms in total. The highest BCUT2D eigenvalue weighted by Gasteiger charge is 2.20. The average Bonchev–Trinajstić information content (AvgIpc) is 2.38. The molecule has 0 saturated heterocycles. The number of aliphatic hydroxyl groups is 1. The van der Waals surface area contributed by atoms with Crippen LogP contribution in [0.5, 0.6) is 5.75 Å². The van der Waals surface area contributed by atoms with E-state index in [0.717, 1.165) is 24.2 Å². The van der Waals surface area contributed by atoms with Gasteiger partial charge >= 0.3 is 0 Å². The minimum absolute atomic E-state index is 0.126. The molecule has 1 N–H and O–H groups in total. The molecule has 2 atom stereocenters. The zero-order valence-electron chi connectivity index (χ0n) is 10.8. The van der Waals surface area contributed by atoms with Gasteiger partial charge in [-0.05, 0) is 31.0 Å². The molecular formula is C14H22O3. The summed E-state index contributed by atoms with van der Waals surface area (Å²) in [5, 5.41) is 10.2. The molecule has 1 rings (SSSR count). The van der Waals surface area contributed by atoms with Crippen LogP contribution in [-0.4, -0.2) is 24.9 Å². The largest absolute Gasteiger partial charge is 0.497 e. The molecule has 96 valence electrons. The Balaban J connectivity index is 2.73. The van der Waals surface area contributed by atoms with Crippen molar-refractivity contribution in [2.75, 3.05) is 13.7 Å². The van der Waals surface area contributed by atoms with E-state index in [4.69, 9.17) is 9.47 Å². The van der Waals surface area contributed by atoms with Crippen molar-refractivity contribution >= 4 is 0 Å². The van der Waals surface area contributed by atoms with Gasteiger partial charge in [-0.15, -0.1) is 0 Å². The molecule has 2 unspecified atom stereocenters. The van der Waals surface area contributed by atoms with Gasteiger partial charge in [0.2, 0.25) is 0 Å². The van der Waals surface area contributed by atoms with Crippen LogP contribution < -0.4 is 4.74 Å². The second-order valence-electron chi connectivity index (χ2n) is 4.00. The van der Waals surface area contributed by atoms with E-state index in [2.05, 4.69) is 6.92 Å². The summed E-state index contributed by atoms with van der Waals surface area (Å²) >= 11 is 0. The van der Waals surface area contributed by atoms with E-state index >= 15 is 0 Å². The van der Waals surface area contributed by atoms with Gasteiger partial charge < -0.3 is 14.6 Å². The van der Waals surface area contributed by atoms with Gasteiger partial charge in [0.05, 0.1) is 13.2 Å². The molecule has 3 heteroatoms. The van der Waals surface area contributed by atoms with Gasteiger partial charge in [-0.25, -0.2) is 0 Å². The molecule has 17 heavy (non-hydrogen) atoms. The maximum atomic E-state index is 10.2. The third-order valence-corrected chi connectivity index (χ3v) is 2.76. The summed E-state index contributed by atoms with van der Waals surface area (Å²) < 4.78 is 10.7. The molecule has 1 aromatic carbocycles. The number of hydrogen-bond donors (Lipinski definition) is 1. The molecule has 0 radical (unpaired) electrons. The van der Waals surface area contributed by atoms with Gasteiger partial charge in [0.25, 0.3) is 0 Å². The number of benzene rings is 1. The van der Waals surface area contributed by atoms with Crippen LogP contribution in [0.3, 0.4) is 0 Å². The quantitative estimate of drug-likeness (QED) is 0.793. The Morgan fingerprint density at radius 1 is 1.18 bits per heavy atom. The lowest BCUT2D eigenvalue weighted by Gasteiger charge is -2.22. The van der Waals surface area contributed by atoms with E-state index in [0.29, 0.717) is 6.61 Å². The van der Waals surface area contributed by atoms with Crippen LogP contribution in [-0.2, 0) is 4.74 Å². The van der Waals surface area contributed by atoms with Crippen molar-refractivity contribution in [1.29, 1.82) is 0 Å². The van der Waals surface area contributed by atoms with Crippen molar-refractivity contribution in [1.82, 2.24) is 0 Å². The molecule has 0 aliphatic rings. The molecule has 0 amide bonds. The Morgan fingerprint density at radius 2 is 1.82 bits per heavy atom. The van der Waals surface area contributed by atoms with E-state index < -0.39 is 6.10 Å². The predicted molar refractivity (Wildman–Crippen MR) is 68.3 cm³/mol. The normalized spacial score (nSPS) is 14.4. The fraction of sp³-hybridized carbons (Fsp3) is 0.571. The van der Waals surface area contributed by atoms with Gasteiger partial charge in [0.15, 0.2) is 0 Å². The zero-order valence-corrected chi connectivity index (χ0v) is 10.8. The highest BCUT2D eigenvalue weighted by Crippen LogP contribution is 2.24. The summed E-state index contributed by atoms with van der Waals surface area (Å²) in [5.74, 6) is 0.796. The Morgan fingerprint density at radius 3 is 2.29 bits per heavy atom. The number of ether oxygens (including phenoxy) is 2. The monoisotopic (exact) mass is 238 g/mol. The zero-order chi connectivity index (χ0) is 12.7. The number of methoxy groups -OCH3 is 1. The lowest BCUT2D eigenvalue weighted by Crippen LogP contribution is -2.22. The number of aliphatic hydroxyl groups excluding tert-OH is 1. The van der Waals surface area contributed by atoms with Gasteiger partial charge in [-0.2, -0.15) is 0 Å². The van der Waals surface area contributed by atoms with Crippen LogP contribution in [0.15, 0.2) is 24.3 Å². The van der Waals surface area contributed by atoms with Crippen molar-refractivity contribution in [3.63, 3.8) is 0 Å². The predicted octanol–water partition coefficient (Wildman–Crippen LogP) is 2.93. The van der Waals surface area contributed by atoms with E-state index in [1.54, 1.807) is 7.11 Å². The molecule has 0 aliphatic carbocycles. The standard InChI is InChI=1S/C14H22O3/c1-4-6-13(17-5-2)14(15)11-7-9-12(16-3)10-8-11/h7-10,13-15H,4-6H2,1-3H3. The summed E-state index contributed by atoms with van der Waals surface area (Å²) in [6.07, 6.45) is 1.16. The average molecular weight is 238 g/mol. The summed E-state index contributed by atoms with van der Waals surface area (Å²) in [6, 6.07) is 7.47. The van der Waals surface area contributed by atoms with Crippen molar-refractivity contribution in [3.8, 4) is 5.75 Å². The first-order valence-electron chi connectivity index (χ1n) is 6.16. The minimum atomic E-state index is -0.569. The van der Waals surface area contributed by atoms with Crippen molar-refractivity contribution in [2.45, 2.75) is 38.9 Å². The van der Waals surface area contributed by atoms with Crippen molar-refractivity contribution in [3.05, 3.63) is 29.8 Å². The van der Waals surface area contributed by atoms with E-state index in [1.165, 1.54) is 0 Å². The second kappa shape index (κ2) is 7.30. The molecule has 0 aliphatic heterocycles. The van der Waals surface area contributed by atoms with Crippen LogP contribution in [0.4, 0.5) is 0 Å². The highest BCUT2D eigenvalue weighted by molar-refractivity contribution is 5.28. The maximum absolute atomic E-state index is 10.2. The Hall–Kier alpha value is -1.06. The summed E-state index contributed by atoms with van der Waals surface area (Å²) in [6.45, 7) is 4.66. The maximum Gasteiger partial charge on any atom is 0.118 e. The fourth-order valence-electron chi connectivity index (χ4n) is 1.85. The second-order valence-corrected chi connectivity index (χ2v) is 4.00. The minimum Gasteiger partial charge on any atom is -0.497 e. The topological polar surface area (TPSA) is 38.7 Å². The first-order valence-corrected chi connectivity index (χ1v) is 6.16. The van der Waals surface area contributed by atoms with Gasteiger partial charge in [-0.1, -0.05) is 25.5 Å². The molecular weight excluding hydrogens is 216 g/mol. The van der Waals surface area contributed by atoms with Crippen LogP contribution in [0.2, 0.25) is 0 Å². The Bertz CT molecular complexity index is 302. The third kappa shape index (κ3) is 4.02. The van der Waals surface area contributed by atoms with Crippen molar-refractivity contribution < 1.29 is 14.6 Å². The van der Waals surface area contributed by atoms with Crippen LogP contribution in [0.1, 0.15) is 38.4 Å². The van der Waals surface area contributed by atoms with Gasteiger partial charge in [-0.3, -0.25) is 0 Å². The Labute approximate surface area is 103 Å². The molecule has 0 saturated carbocycles. The molecule has 0 spiro atoms. The molecule has 0 bridgehead atoms. The summed E-state index contributed by atoms with van der Waals surface area (Å²) in [5.41, 5.74) is 0.873. The lowest BCUT2D eigenvalue weighted by atomic mass is 10.0. The summed E-state index contributed by atoms with van der Waals surface area (Å²) in [7, 11) is 1.63. The fourth-order valence-corrected chi connectivity index (χ4v) is 1.85. The van der Waals surface area contributed by atoms with E-state index in [-0.39, 0.29) is 6.10 Å². The lowest BCUT2D eigenvalue weighted by molar-refractivity contribution is -0.0384. The molecule has 1 aromatic rings. The third-order valence-electron chi connectivity index (χ3n) is 2.76. The molecule has 0 fully saturated rings. The first kappa shape index (κ1) is 14.0. The van der Waals surface area contributed by atoms with Crippen molar-refractivity contribution in [2.24, 2.45) is 0 Å². The van der Waals surface area contributed by atoms with Crippen LogP contribution in [0, 0.1) is 0 Å². The molecule has 0 heterocycles. The van der Waals surface area contributed by atoms with Gasteiger partial charge in [0.1, 0.15) is 11.9 Å². The Kier molecular flexibility index (Phi) is 6.01. The summed E-state index contributed by atoms with van der Waals surface area (Å²) in [4.78, 5) is 0. The van der Waals surface area contributed by atoms with Crippen LogP contribution >= 0.6 is 0 Å².